The lowest BCUT2D eigenvalue weighted by Crippen LogP contribution is -2.25. The van der Waals surface area contributed by atoms with E-state index in [0.717, 1.165) is 0 Å². The molecule has 6 heteroatoms. The van der Waals surface area contributed by atoms with Crippen molar-refractivity contribution in [3.8, 4) is 6.07 Å². The monoisotopic (exact) mass is 314 g/mol. The van der Waals surface area contributed by atoms with E-state index in [1.54, 1.807) is 0 Å². The van der Waals surface area contributed by atoms with Crippen LogP contribution < -0.4 is 5.32 Å². The van der Waals surface area contributed by atoms with E-state index in [9.17, 15) is 9.18 Å². The average Bonchev–Trinajstić information content (AvgIpc) is 2.22. The summed E-state index contributed by atoms with van der Waals surface area (Å²) in [5.41, 5.74) is 0.512. The minimum atomic E-state index is -0.984. The Morgan fingerprint density at radius 3 is 2.76 bits per heavy atom. The molecule has 3 nitrogen and oxygen atoms in total. The summed E-state index contributed by atoms with van der Waals surface area (Å²) in [6, 6.07) is 5.80. The summed E-state index contributed by atoms with van der Waals surface area (Å²) >= 11 is 8.11. The van der Waals surface area contributed by atoms with Crippen LogP contribution in [0.2, 0.25) is 0 Å². The molecule has 0 radical (unpaired) electrons. The normalized spacial score (nSPS) is 11.4. The van der Waals surface area contributed by atoms with Gasteiger partial charge in [0.1, 0.15) is 10.8 Å². The topological polar surface area (TPSA) is 52.9 Å². The van der Waals surface area contributed by atoms with E-state index in [1.807, 2.05) is 6.07 Å². The minimum absolute atomic E-state index is 0.104. The Bertz CT molecular complexity index is 513. The average molecular weight is 315 g/mol. The fraction of sp³-hybridized carbons (Fsp3) is 0.182. The third-order valence-electron chi connectivity index (χ3n) is 1.99. The highest BCUT2D eigenvalue weighted by molar-refractivity contribution is 9.10. The number of benzene rings is 1. The number of carbonyl (C=O) groups excluding carboxylic acids is 1. The van der Waals surface area contributed by atoms with E-state index in [4.69, 9.17) is 17.5 Å². The van der Waals surface area contributed by atoms with Gasteiger partial charge >= 0.3 is 0 Å². The maximum absolute atomic E-state index is 12.8. The molecular weight excluding hydrogens is 307 g/mol. The second-order valence-electron chi connectivity index (χ2n) is 3.29. The van der Waals surface area contributed by atoms with Crippen molar-refractivity contribution in [3.05, 3.63) is 28.5 Å². The van der Waals surface area contributed by atoms with Gasteiger partial charge in [-0.1, -0.05) is 12.2 Å². The molecule has 88 valence electrons. The zero-order chi connectivity index (χ0) is 13.0. The van der Waals surface area contributed by atoms with Gasteiger partial charge in [-0.2, -0.15) is 5.26 Å². The zero-order valence-corrected chi connectivity index (χ0v) is 11.2. The first-order chi connectivity index (χ1) is 7.95. The summed E-state index contributed by atoms with van der Waals surface area (Å²) in [6.07, 6.45) is 0. The number of Topliss-reactive ketones (excluding diaryl/α,β-unsaturated/α-hetero) is 1. The number of hydrogen-bond acceptors (Lipinski definition) is 3. The number of nitrogens with one attached hydrogen (secondary N) is 1. The lowest BCUT2D eigenvalue weighted by molar-refractivity contribution is -0.117. The highest BCUT2D eigenvalue weighted by atomic mass is 79.9. The number of thiocarbonyl (C=S) groups is 1. The number of hydrogen-bond donors (Lipinski definition) is 1. The second-order valence-corrected chi connectivity index (χ2v) is 4.58. The molecule has 0 aliphatic carbocycles. The second kappa shape index (κ2) is 5.84. The maximum Gasteiger partial charge on any atom is 0.155 e. The summed E-state index contributed by atoms with van der Waals surface area (Å²) in [5, 5.41) is 11.5. The van der Waals surface area contributed by atoms with Crippen LogP contribution in [0.5, 0.6) is 0 Å². The Labute approximate surface area is 112 Å². The van der Waals surface area contributed by atoms with Crippen molar-refractivity contribution in [2.24, 2.45) is 5.92 Å². The molecule has 0 spiro atoms. The number of nitrogens with zero attached hydrogens (tertiary/aromatic N) is 1. The van der Waals surface area contributed by atoms with E-state index in [-0.39, 0.29) is 10.8 Å². The van der Waals surface area contributed by atoms with Crippen molar-refractivity contribution in [1.82, 2.24) is 0 Å². The lowest BCUT2D eigenvalue weighted by Gasteiger charge is -2.12. The van der Waals surface area contributed by atoms with Crippen molar-refractivity contribution < 1.29 is 9.18 Å². The van der Waals surface area contributed by atoms with Crippen LogP contribution in [0.25, 0.3) is 0 Å². The van der Waals surface area contributed by atoms with Gasteiger partial charge in [-0.15, -0.1) is 0 Å². The molecule has 0 saturated heterocycles. The van der Waals surface area contributed by atoms with Crippen molar-refractivity contribution >= 4 is 44.6 Å². The molecule has 0 heterocycles. The molecule has 1 aromatic rings. The van der Waals surface area contributed by atoms with Crippen LogP contribution in [0.15, 0.2) is 22.7 Å². The molecule has 1 unspecified atom stereocenters. The standard InChI is InChI=1S/C11H8BrFN2OS/c1-6(16)8(5-14)11(17)15-10-3-2-7(13)4-9(10)12/h2-4,8H,1H3,(H,15,17). The molecule has 17 heavy (non-hydrogen) atoms. The predicted octanol–water partition coefficient (Wildman–Crippen LogP) is 3.06. The number of halogens is 2. The largest absolute Gasteiger partial charge is 0.348 e. The zero-order valence-electron chi connectivity index (χ0n) is 8.83. The fourth-order valence-corrected chi connectivity index (χ4v) is 1.91. The molecule has 0 aliphatic heterocycles. The fourth-order valence-electron chi connectivity index (χ4n) is 1.13. The molecule has 0 amide bonds. The van der Waals surface area contributed by atoms with Crippen molar-refractivity contribution in [2.45, 2.75) is 6.92 Å². The summed E-state index contributed by atoms with van der Waals surface area (Å²) in [6.45, 7) is 1.29. The number of rotatable bonds is 3. The van der Waals surface area contributed by atoms with E-state index in [1.165, 1.54) is 25.1 Å². The van der Waals surface area contributed by atoms with E-state index >= 15 is 0 Å². The van der Waals surface area contributed by atoms with Gasteiger partial charge < -0.3 is 5.32 Å². The van der Waals surface area contributed by atoms with Crippen LogP contribution in [-0.2, 0) is 4.79 Å². The SMILES string of the molecule is CC(=O)C(C#N)C(=S)Nc1ccc(F)cc1Br. The Hall–Kier alpha value is -1.32. The lowest BCUT2D eigenvalue weighted by atomic mass is 10.1. The van der Waals surface area contributed by atoms with Crippen LogP contribution in [0.4, 0.5) is 10.1 Å². The number of ketones is 1. The minimum Gasteiger partial charge on any atom is -0.348 e. The van der Waals surface area contributed by atoms with Gasteiger partial charge in [-0.05, 0) is 41.1 Å². The molecule has 0 saturated carbocycles. The molecular formula is C11H8BrFN2OS. The first-order valence-electron chi connectivity index (χ1n) is 4.61. The maximum atomic E-state index is 12.8. The summed E-state index contributed by atoms with van der Waals surface area (Å²) in [4.78, 5) is 11.2. The first-order valence-corrected chi connectivity index (χ1v) is 5.82. The van der Waals surface area contributed by atoms with Crippen LogP contribution in [0.3, 0.4) is 0 Å². The Balaban J connectivity index is 2.88. The van der Waals surface area contributed by atoms with Gasteiger partial charge in [0.05, 0.1) is 11.8 Å². The molecule has 1 atom stereocenters. The smallest absolute Gasteiger partial charge is 0.155 e. The van der Waals surface area contributed by atoms with E-state index in [2.05, 4.69) is 21.2 Å². The predicted molar refractivity (Wildman–Crippen MR) is 70.1 cm³/mol. The van der Waals surface area contributed by atoms with Crippen molar-refractivity contribution in [1.29, 1.82) is 5.26 Å². The van der Waals surface area contributed by atoms with Crippen LogP contribution in [0, 0.1) is 23.1 Å². The summed E-state index contributed by atoms with van der Waals surface area (Å²) in [5.74, 6) is -1.71. The first kappa shape index (κ1) is 13.7. The van der Waals surface area contributed by atoms with Gasteiger partial charge in [0.2, 0.25) is 0 Å². The van der Waals surface area contributed by atoms with E-state index in [0.29, 0.717) is 10.2 Å². The highest BCUT2D eigenvalue weighted by Gasteiger charge is 2.19. The van der Waals surface area contributed by atoms with Gasteiger partial charge in [0, 0.05) is 4.47 Å². The molecule has 1 aromatic carbocycles. The molecule has 0 bridgehead atoms. The van der Waals surface area contributed by atoms with Crippen LogP contribution in [0.1, 0.15) is 6.92 Å². The van der Waals surface area contributed by atoms with Crippen LogP contribution >= 0.6 is 28.1 Å². The summed E-state index contributed by atoms with van der Waals surface area (Å²) in [7, 11) is 0. The Morgan fingerprint density at radius 1 is 1.65 bits per heavy atom. The van der Waals surface area contributed by atoms with Gasteiger partial charge in [0.25, 0.3) is 0 Å². The Kier molecular flexibility index (Phi) is 4.73. The highest BCUT2D eigenvalue weighted by Crippen LogP contribution is 2.23. The van der Waals surface area contributed by atoms with Crippen molar-refractivity contribution in [2.75, 3.05) is 5.32 Å². The molecule has 0 fully saturated rings. The number of nitriles is 1. The molecule has 1 N–H and O–H groups in total. The van der Waals surface area contributed by atoms with Crippen molar-refractivity contribution in [3.63, 3.8) is 0 Å². The number of carbonyl (C=O) groups is 1. The van der Waals surface area contributed by atoms with E-state index < -0.39 is 11.7 Å². The van der Waals surface area contributed by atoms with Gasteiger partial charge in [-0.25, -0.2) is 4.39 Å². The number of anilines is 1. The van der Waals surface area contributed by atoms with Gasteiger partial charge in [0.15, 0.2) is 11.7 Å². The molecule has 1 rings (SSSR count). The molecule has 0 aromatic heterocycles. The third-order valence-corrected chi connectivity index (χ3v) is 2.98. The molecule has 0 aliphatic rings. The third kappa shape index (κ3) is 3.58. The van der Waals surface area contributed by atoms with Gasteiger partial charge in [-0.3, -0.25) is 4.79 Å². The summed E-state index contributed by atoms with van der Waals surface area (Å²) < 4.78 is 13.3. The Morgan fingerprint density at radius 2 is 2.29 bits per heavy atom. The quantitative estimate of drug-likeness (QED) is 0.871. The van der Waals surface area contributed by atoms with Crippen LogP contribution in [-0.4, -0.2) is 10.8 Å².